The number of hydrogen-bond acceptors (Lipinski definition) is 5. The summed E-state index contributed by atoms with van der Waals surface area (Å²) in [6, 6.07) is 7.76. The minimum Gasteiger partial charge on any atom is -0.477 e. The topological polar surface area (TPSA) is 104 Å². The molecule has 8 heteroatoms. The van der Waals surface area contributed by atoms with Crippen LogP contribution in [0.1, 0.15) is 20.8 Å². The molecule has 0 aliphatic rings. The number of aryl methyl sites for hydroxylation is 1. The Labute approximate surface area is 125 Å². The van der Waals surface area contributed by atoms with E-state index in [9.17, 15) is 18.3 Å². The van der Waals surface area contributed by atoms with E-state index in [2.05, 4.69) is 4.72 Å². The monoisotopic (exact) mass is 327 g/mol. The van der Waals surface area contributed by atoms with Gasteiger partial charge in [-0.1, -0.05) is 18.2 Å². The number of benzene rings is 1. The van der Waals surface area contributed by atoms with Gasteiger partial charge in [-0.05, 0) is 24.6 Å². The average molecular weight is 327 g/mol. The molecule has 0 radical (unpaired) electrons. The van der Waals surface area contributed by atoms with Crippen LogP contribution < -0.4 is 4.72 Å². The van der Waals surface area contributed by atoms with Gasteiger partial charge in [0.25, 0.3) is 10.0 Å². The standard InChI is InChI=1S/C13H13NO5S2/c1-8-6-11(20-12(8)13(16)17)21(18,19)14-10-5-3-2-4-9(10)7-15/h2-6,14-15H,7H2,1H3,(H,16,17). The fourth-order valence-electron chi connectivity index (χ4n) is 1.75. The van der Waals surface area contributed by atoms with E-state index >= 15 is 0 Å². The van der Waals surface area contributed by atoms with E-state index in [4.69, 9.17) is 5.11 Å². The Bertz CT molecular complexity index is 780. The molecule has 0 atom stereocenters. The van der Waals surface area contributed by atoms with E-state index in [1.54, 1.807) is 25.1 Å². The van der Waals surface area contributed by atoms with Crippen LogP contribution >= 0.6 is 11.3 Å². The Balaban J connectivity index is 2.39. The third-order valence-corrected chi connectivity index (χ3v) is 5.85. The molecule has 0 spiro atoms. The minimum atomic E-state index is -3.89. The first-order valence-corrected chi connectivity index (χ1v) is 8.20. The Morgan fingerprint density at radius 3 is 2.57 bits per heavy atom. The van der Waals surface area contributed by atoms with Gasteiger partial charge in [-0.2, -0.15) is 0 Å². The lowest BCUT2D eigenvalue weighted by atomic mass is 10.2. The summed E-state index contributed by atoms with van der Waals surface area (Å²) in [6.45, 7) is 1.24. The van der Waals surface area contributed by atoms with Gasteiger partial charge in [0.05, 0.1) is 12.3 Å². The van der Waals surface area contributed by atoms with Crippen LogP contribution in [0.2, 0.25) is 0 Å². The molecule has 1 heterocycles. The predicted molar refractivity (Wildman–Crippen MR) is 79.2 cm³/mol. The Hall–Kier alpha value is -1.90. The summed E-state index contributed by atoms with van der Waals surface area (Å²) in [6.07, 6.45) is 0. The van der Waals surface area contributed by atoms with Gasteiger partial charge < -0.3 is 10.2 Å². The average Bonchev–Trinajstić information content (AvgIpc) is 2.82. The SMILES string of the molecule is Cc1cc(S(=O)(=O)Nc2ccccc2CO)sc1C(=O)O. The van der Waals surface area contributed by atoms with Crippen molar-refractivity contribution in [2.75, 3.05) is 4.72 Å². The van der Waals surface area contributed by atoms with Gasteiger partial charge in [0.2, 0.25) is 0 Å². The number of rotatable bonds is 5. The van der Waals surface area contributed by atoms with E-state index in [1.807, 2.05) is 0 Å². The van der Waals surface area contributed by atoms with Gasteiger partial charge in [0.1, 0.15) is 9.09 Å². The number of carboxylic acid groups (broad SMARTS) is 1. The number of thiophene rings is 1. The summed E-state index contributed by atoms with van der Waals surface area (Å²) >= 11 is 0.695. The number of sulfonamides is 1. The highest BCUT2D eigenvalue weighted by molar-refractivity contribution is 7.94. The van der Waals surface area contributed by atoms with Crippen molar-refractivity contribution in [3.63, 3.8) is 0 Å². The third-order valence-electron chi connectivity index (χ3n) is 2.79. The van der Waals surface area contributed by atoms with E-state index in [0.717, 1.165) is 0 Å². The lowest BCUT2D eigenvalue weighted by molar-refractivity contribution is 0.0701. The summed E-state index contributed by atoms with van der Waals surface area (Å²) in [7, 11) is -3.89. The zero-order chi connectivity index (χ0) is 15.6. The molecular formula is C13H13NO5S2. The molecule has 2 aromatic rings. The van der Waals surface area contributed by atoms with Gasteiger partial charge in [-0.25, -0.2) is 13.2 Å². The second-order valence-electron chi connectivity index (χ2n) is 4.30. The Morgan fingerprint density at radius 2 is 2.00 bits per heavy atom. The van der Waals surface area contributed by atoms with Crippen LogP contribution in [0, 0.1) is 6.92 Å². The van der Waals surface area contributed by atoms with Crippen molar-refractivity contribution in [1.82, 2.24) is 0 Å². The molecule has 3 N–H and O–H groups in total. The summed E-state index contributed by atoms with van der Waals surface area (Å²) in [5.41, 5.74) is 1.10. The molecular weight excluding hydrogens is 314 g/mol. The van der Waals surface area contributed by atoms with Gasteiger partial charge in [0, 0.05) is 5.56 Å². The van der Waals surface area contributed by atoms with Crippen molar-refractivity contribution < 1.29 is 23.4 Å². The molecule has 0 amide bonds. The molecule has 6 nitrogen and oxygen atoms in total. The highest BCUT2D eigenvalue weighted by Crippen LogP contribution is 2.28. The smallest absolute Gasteiger partial charge is 0.346 e. The molecule has 0 saturated heterocycles. The van der Waals surface area contributed by atoms with E-state index in [0.29, 0.717) is 22.5 Å². The number of aliphatic hydroxyl groups is 1. The largest absolute Gasteiger partial charge is 0.477 e. The Morgan fingerprint density at radius 1 is 1.33 bits per heavy atom. The number of aromatic carboxylic acids is 1. The molecule has 1 aromatic heterocycles. The zero-order valence-corrected chi connectivity index (χ0v) is 12.7. The number of carboxylic acids is 1. The van der Waals surface area contributed by atoms with Crippen molar-refractivity contribution >= 4 is 33.0 Å². The summed E-state index contributed by atoms with van der Waals surface area (Å²) < 4.78 is 26.8. The molecule has 1 aromatic carbocycles. The first-order valence-electron chi connectivity index (χ1n) is 5.90. The van der Waals surface area contributed by atoms with Crippen molar-refractivity contribution in [3.8, 4) is 0 Å². The first kappa shape index (κ1) is 15.5. The van der Waals surface area contributed by atoms with E-state index in [-0.39, 0.29) is 21.4 Å². The fourth-order valence-corrected chi connectivity index (χ4v) is 4.23. The number of anilines is 1. The number of carbonyl (C=O) groups is 1. The van der Waals surface area contributed by atoms with E-state index in [1.165, 1.54) is 12.1 Å². The highest BCUT2D eigenvalue weighted by atomic mass is 32.2. The third kappa shape index (κ3) is 3.23. The predicted octanol–water partition coefficient (Wildman–Crippen LogP) is 2.05. The van der Waals surface area contributed by atoms with Crippen molar-refractivity contribution in [3.05, 3.63) is 46.3 Å². The molecule has 0 saturated carbocycles. The summed E-state index contributed by atoms with van der Waals surface area (Å²) in [5.74, 6) is -1.16. The van der Waals surface area contributed by atoms with Crippen LogP contribution in [0.4, 0.5) is 5.69 Å². The molecule has 2 rings (SSSR count). The van der Waals surface area contributed by atoms with E-state index < -0.39 is 16.0 Å². The first-order chi connectivity index (χ1) is 9.85. The maximum Gasteiger partial charge on any atom is 0.346 e. The van der Waals surface area contributed by atoms with Gasteiger partial charge in [-0.15, -0.1) is 11.3 Å². The number of aliphatic hydroxyl groups excluding tert-OH is 1. The minimum absolute atomic E-state index is 0.00850. The second-order valence-corrected chi connectivity index (χ2v) is 7.26. The van der Waals surface area contributed by atoms with Crippen molar-refractivity contribution in [2.45, 2.75) is 17.7 Å². The van der Waals surface area contributed by atoms with Gasteiger partial charge in [-0.3, -0.25) is 4.72 Å². The van der Waals surface area contributed by atoms with Gasteiger partial charge >= 0.3 is 5.97 Å². The number of hydrogen-bond donors (Lipinski definition) is 3. The maximum absolute atomic E-state index is 12.3. The van der Waals surface area contributed by atoms with Crippen LogP contribution in [0.5, 0.6) is 0 Å². The Kier molecular flexibility index (Phi) is 4.31. The van der Waals surface area contributed by atoms with Crippen LogP contribution in [0.25, 0.3) is 0 Å². The molecule has 0 aliphatic carbocycles. The molecule has 0 aliphatic heterocycles. The quantitative estimate of drug-likeness (QED) is 0.780. The normalized spacial score (nSPS) is 11.3. The van der Waals surface area contributed by atoms with Crippen LogP contribution in [0.3, 0.4) is 0 Å². The highest BCUT2D eigenvalue weighted by Gasteiger charge is 2.22. The number of para-hydroxylation sites is 1. The van der Waals surface area contributed by atoms with Gasteiger partial charge in [0.15, 0.2) is 0 Å². The van der Waals surface area contributed by atoms with Crippen LogP contribution in [0.15, 0.2) is 34.5 Å². The number of nitrogens with one attached hydrogen (secondary N) is 1. The van der Waals surface area contributed by atoms with Crippen molar-refractivity contribution in [1.29, 1.82) is 0 Å². The molecule has 0 unspecified atom stereocenters. The molecule has 0 fully saturated rings. The maximum atomic E-state index is 12.3. The molecule has 21 heavy (non-hydrogen) atoms. The summed E-state index contributed by atoms with van der Waals surface area (Å²) in [4.78, 5) is 11.0. The lowest BCUT2D eigenvalue weighted by Crippen LogP contribution is -2.13. The lowest BCUT2D eigenvalue weighted by Gasteiger charge is -2.09. The fraction of sp³-hybridized carbons (Fsp3) is 0.154. The molecule has 112 valence electrons. The van der Waals surface area contributed by atoms with Crippen LogP contribution in [-0.2, 0) is 16.6 Å². The van der Waals surface area contributed by atoms with Crippen LogP contribution in [-0.4, -0.2) is 24.6 Å². The summed E-state index contributed by atoms with van der Waals surface area (Å²) in [5, 5.41) is 18.2. The molecule has 0 bridgehead atoms. The zero-order valence-electron chi connectivity index (χ0n) is 11.0. The van der Waals surface area contributed by atoms with Crippen molar-refractivity contribution in [2.24, 2.45) is 0 Å². The second kappa shape index (κ2) is 5.84.